The van der Waals surface area contributed by atoms with Gasteiger partial charge in [0.05, 0.1) is 34.2 Å². The van der Waals surface area contributed by atoms with Gasteiger partial charge in [-0.15, -0.1) is 11.8 Å². The van der Waals surface area contributed by atoms with Gasteiger partial charge < -0.3 is 14.5 Å². The number of aromatic amines is 1. The lowest BCUT2D eigenvalue weighted by atomic mass is 10.1. The zero-order chi connectivity index (χ0) is 21.7. The topological polar surface area (TPSA) is 85.5 Å². The van der Waals surface area contributed by atoms with Crippen molar-refractivity contribution in [2.75, 3.05) is 12.9 Å². The number of aromatic nitrogens is 1. The van der Waals surface area contributed by atoms with Gasteiger partial charge in [0.2, 0.25) is 5.78 Å². The average Bonchev–Trinajstić information content (AvgIpc) is 2.97. The number of rotatable bonds is 8. The summed E-state index contributed by atoms with van der Waals surface area (Å²) in [4.78, 5) is 39.5. The van der Waals surface area contributed by atoms with Crippen molar-refractivity contribution in [2.24, 2.45) is 0 Å². The Kier molecular flexibility index (Phi) is 8.19. The van der Waals surface area contributed by atoms with Gasteiger partial charge in [-0.1, -0.05) is 29.3 Å². The van der Waals surface area contributed by atoms with Crippen LogP contribution in [0, 0.1) is 13.8 Å². The maximum absolute atomic E-state index is 12.6. The van der Waals surface area contributed by atoms with Crippen LogP contribution in [0.5, 0.6) is 0 Å². The molecular weight excluding hydrogens is 437 g/mol. The number of benzene rings is 1. The molecule has 1 atom stereocenters. The van der Waals surface area contributed by atoms with Gasteiger partial charge in [-0.05, 0) is 44.0 Å². The van der Waals surface area contributed by atoms with Crippen LogP contribution in [0.15, 0.2) is 18.2 Å². The van der Waals surface area contributed by atoms with Gasteiger partial charge in [0, 0.05) is 11.4 Å². The number of esters is 2. The fourth-order valence-corrected chi connectivity index (χ4v) is 3.85. The summed E-state index contributed by atoms with van der Waals surface area (Å²) in [7, 11) is 1.27. The van der Waals surface area contributed by atoms with Gasteiger partial charge in [-0.2, -0.15) is 0 Å². The maximum atomic E-state index is 12.6. The van der Waals surface area contributed by atoms with Crippen LogP contribution in [0.25, 0.3) is 0 Å². The summed E-state index contributed by atoms with van der Waals surface area (Å²) in [6.07, 6.45) is -0.990. The first kappa shape index (κ1) is 23.3. The van der Waals surface area contributed by atoms with E-state index in [2.05, 4.69) is 4.98 Å². The number of Topliss-reactive ketones (excluding diaryl/α,β-unsaturated/α-hetero) is 1. The summed E-state index contributed by atoms with van der Waals surface area (Å²) < 4.78 is 9.98. The highest BCUT2D eigenvalue weighted by molar-refractivity contribution is 7.99. The number of ketones is 1. The Morgan fingerprint density at radius 2 is 1.86 bits per heavy atom. The first-order valence-corrected chi connectivity index (χ1v) is 10.6. The summed E-state index contributed by atoms with van der Waals surface area (Å²) >= 11 is 13.2. The van der Waals surface area contributed by atoms with Crippen LogP contribution < -0.4 is 0 Å². The minimum Gasteiger partial charge on any atom is -0.465 e. The molecule has 0 radical (unpaired) electrons. The molecule has 29 heavy (non-hydrogen) atoms. The number of ether oxygens (including phenoxy) is 2. The van der Waals surface area contributed by atoms with E-state index in [9.17, 15) is 14.4 Å². The Labute approximate surface area is 183 Å². The third-order valence-electron chi connectivity index (χ3n) is 4.22. The summed E-state index contributed by atoms with van der Waals surface area (Å²) in [5, 5.41) is 0.923. The molecule has 0 aliphatic carbocycles. The van der Waals surface area contributed by atoms with Crippen molar-refractivity contribution >= 4 is 52.7 Å². The van der Waals surface area contributed by atoms with Crippen molar-refractivity contribution in [3.63, 3.8) is 0 Å². The van der Waals surface area contributed by atoms with E-state index in [4.69, 9.17) is 32.7 Å². The van der Waals surface area contributed by atoms with Crippen LogP contribution >= 0.6 is 35.0 Å². The minimum atomic E-state index is -0.990. The van der Waals surface area contributed by atoms with Crippen molar-refractivity contribution in [3.05, 3.63) is 56.3 Å². The largest absolute Gasteiger partial charge is 0.465 e. The van der Waals surface area contributed by atoms with Gasteiger partial charge in [0.15, 0.2) is 6.10 Å². The molecule has 0 saturated heterocycles. The number of carbonyl (C=O) groups excluding carboxylic acids is 3. The number of aryl methyl sites for hydroxylation is 1. The highest BCUT2D eigenvalue weighted by atomic mass is 35.5. The monoisotopic (exact) mass is 457 g/mol. The third kappa shape index (κ3) is 5.78. The van der Waals surface area contributed by atoms with Gasteiger partial charge in [0.25, 0.3) is 0 Å². The summed E-state index contributed by atoms with van der Waals surface area (Å²) in [6.45, 7) is 4.81. The second-order valence-corrected chi connectivity index (χ2v) is 8.15. The molecule has 6 nitrogen and oxygen atoms in total. The third-order valence-corrected chi connectivity index (χ3v) is 5.94. The molecule has 156 valence electrons. The number of hydrogen-bond acceptors (Lipinski definition) is 6. The highest BCUT2D eigenvalue weighted by Crippen LogP contribution is 2.25. The van der Waals surface area contributed by atoms with Crippen LogP contribution in [0.1, 0.15) is 44.6 Å². The molecule has 0 aliphatic rings. The number of methoxy groups -OCH3 is 1. The smallest absolute Gasteiger partial charge is 0.339 e. The van der Waals surface area contributed by atoms with E-state index in [0.717, 1.165) is 5.56 Å². The molecule has 0 spiro atoms. The number of thioether (sulfide) groups is 1. The lowest BCUT2D eigenvalue weighted by Gasteiger charge is -2.12. The van der Waals surface area contributed by atoms with E-state index in [1.165, 1.54) is 25.8 Å². The van der Waals surface area contributed by atoms with Crippen molar-refractivity contribution in [2.45, 2.75) is 32.6 Å². The second kappa shape index (κ2) is 10.2. The van der Waals surface area contributed by atoms with Gasteiger partial charge in [-0.3, -0.25) is 9.59 Å². The summed E-state index contributed by atoms with van der Waals surface area (Å²) in [6, 6.07) is 5.26. The Morgan fingerprint density at radius 3 is 2.48 bits per heavy atom. The van der Waals surface area contributed by atoms with Crippen molar-refractivity contribution < 1.29 is 23.9 Å². The molecule has 0 saturated carbocycles. The fraction of sp³-hybridized carbons (Fsp3) is 0.350. The molecule has 9 heteroatoms. The number of hydrogen-bond donors (Lipinski definition) is 1. The van der Waals surface area contributed by atoms with E-state index in [1.807, 2.05) is 6.07 Å². The van der Waals surface area contributed by atoms with E-state index in [0.29, 0.717) is 32.6 Å². The lowest BCUT2D eigenvalue weighted by molar-refractivity contribution is -0.143. The van der Waals surface area contributed by atoms with Crippen LogP contribution in [-0.2, 0) is 20.0 Å². The molecule has 0 fully saturated rings. The molecule has 1 heterocycles. The van der Waals surface area contributed by atoms with E-state index >= 15 is 0 Å². The van der Waals surface area contributed by atoms with Gasteiger partial charge >= 0.3 is 11.9 Å². The van der Waals surface area contributed by atoms with Crippen molar-refractivity contribution in [3.8, 4) is 0 Å². The first-order chi connectivity index (χ1) is 13.6. The Hall–Kier alpha value is -1.96. The zero-order valence-electron chi connectivity index (χ0n) is 16.4. The SMILES string of the molecule is COC(=O)c1c(C)[nH]c(C(=O)C(C)OC(=O)CSCc2ccc(Cl)c(Cl)c2)c1C. The number of carbonyl (C=O) groups is 3. The molecule has 0 amide bonds. The van der Waals surface area contributed by atoms with E-state index < -0.39 is 23.8 Å². The predicted octanol–water partition coefficient (Wildman–Crippen LogP) is 4.77. The standard InChI is InChI=1S/C20H21Cl2NO5S/c1-10-17(20(26)27-4)11(2)23-18(10)19(25)12(3)28-16(24)9-29-8-13-5-6-14(21)15(22)7-13/h5-7,12,23H,8-9H2,1-4H3. The normalized spacial score (nSPS) is 11.8. The van der Waals surface area contributed by atoms with Gasteiger partial charge in [-0.25, -0.2) is 4.79 Å². The quantitative estimate of drug-likeness (QED) is 0.453. The van der Waals surface area contributed by atoms with Crippen LogP contribution in [0.2, 0.25) is 10.0 Å². The highest BCUT2D eigenvalue weighted by Gasteiger charge is 2.27. The predicted molar refractivity (Wildman–Crippen MR) is 114 cm³/mol. The lowest BCUT2D eigenvalue weighted by Crippen LogP contribution is -2.26. The van der Waals surface area contributed by atoms with E-state index in [-0.39, 0.29) is 11.4 Å². The Bertz CT molecular complexity index is 941. The van der Waals surface area contributed by atoms with Crippen LogP contribution in [-0.4, -0.2) is 41.7 Å². The average molecular weight is 458 g/mol. The second-order valence-electron chi connectivity index (χ2n) is 6.35. The Morgan fingerprint density at radius 1 is 1.17 bits per heavy atom. The first-order valence-electron chi connectivity index (χ1n) is 8.68. The summed E-state index contributed by atoms with van der Waals surface area (Å²) in [5.74, 6) is -0.827. The van der Waals surface area contributed by atoms with Crippen molar-refractivity contribution in [1.82, 2.24) is 4.98 Å². The molecular formula is C20H21Cl2NO5S. The number of halogens is 2. The molecule has 2 rings (SSSR count). The molecule has 1 unspecified atom stereocenters. The molecule has 1 aromatic heterocycles. The Balaban J connectivity index is 1.93. The molecule has 0 aliphatic heterocycles. The zero-order valence-corrected chi connectivity index (χ0v) is 18.8. The summed E-state index contributed by atoms with van der Waals surface area (Å²) in [5.41, 5.74) is 2.46. The van der Waals surface area contributed by atoms with Gasteiger partial charge in [0.1, 0.15) is 0 Å². The molecule has 2 aromatic rings. The fourth-order valence-electron chi connectivity index (χ4n) is 2.77. The van der Waals surface area contributed by atoms with Crippen molar-refractivity contribution in [1.29, 1.82) is 0 Å². The van der Waals surface area contributed by atoms with E-state index in [1.54, 1.807) is 26.0 Å². The van der Waals surface area contributed by atoms with Crippen LogP contribution in [0.4, 0.5) is 0 Å². The maximum Gasteiger partial charge on any atom is 0.339 e. The molecule has 1 aromatic carbocycles. The molecule has 0 bridgehead atoms. The molecule has 1 N–H and O–H groups in total. The van der Waals surface area contributed by atoms with Crippen LogP contribution in [0.3, 0.4) is 0 Å². The number of nitrogens with one attached hydrogen (secondary N) is 1. The minimum absolute atomic E-state index is 0.0774. The number of H-pyrrole nitrogens is 1.